The molecule has 0 aromatic heterocycles. The summed E-state index contributed by atoms with van der Waals surface area (Å²) in [5.74, 6) is 0.863. The van der Waals surface area contributed by atoms with Crippen LogP contribution in [0.3, 0.4) is 0 Å². The van der Waals surface area contributed by atoms with Crippen molar-refractivity contribution in [2.75, 3.05) is 10.6 Å². The maximum Gasteiger partial charge on any atom is 0.0944 e. The van der Waals surface area contributed by atoms with Crippen LogP contribution in [0.4, 0.5) is 11.4 Å². The largest absolute Gasteiger partial charge is 0.344 e. The van der Waals surface area contributed by atoms with Crippen molar-refractivity contribution in [3.8, 4) is 0 Å². The van der Waals surface area contributed by atoms with Crippen LogP contribution in [-0.2, 0) is 13.1 Å². The van der Waals surface area contributed by atoms with Crippen molar-refractivity contribution in [3.63, 3.8) is 0 Å². The molecule has 0 fully saturated rings. The molecule has 23 heavy (non-hydrogen) atoms. The minimum atomic E-state index is 0.431. The van der Waals surface area contributed by atoms with E-state index in [0.717, 1.165) is 24.5 Å². The molecule has 120 valence electrons. The minimum Gasteiger partial charge on any atom is -0.344 e. The molecule has 0 aliphatic carbocycles. The van der Waals surface area contributed by atoms with E-state index in [4.69, 9.17) is 10.8 Å². The highest BCUT2D eigenvalue weighted by Crippen LogP contribution is 2.12. The van der Waals surface area contributed by atoms with Crippen molar-refractivity contribution >= 4 is 23.0 Å². The van der Waals surface area contributed by atoms with E-state index in [9.17, 15) is 0 Å². The second-order valence-electron chi connectivity index (χ2n) is 5.50. The van der Waals surface area contributed by atoms with Gasteiger partial charge in [0.05, 0.1) is 11.7 Å². The molecule has 0 heterocycles. The molecule has 0 atom stereocenters. The minimum absolute atomic E-state index is 0.431. The molecule has 0 saturated carbocycles. The van der Waals surface area contributed by atoms with E-state index in [0.29, 0.717) is 11.7 Å². The normalized spacial score (nSPS) is 10.2. The van der Waals surface area contributed by atoms with Crippen LogP contribution in [0.1, 0.15) is 25.0 Å². The summed E-state index contributed by atoms with van der Waals surface area (Å²) in [6.45, 7) is 4.96. The third-order valence-electron chi connectivity index (χ3n) is 3.18. The zero-order valence-electron chi connectivity index (χ0n) is 13.5. The molecule has 5 nitrogen and oxygen atoms in total. The molecule has 0 aliphatic heterocycles. The lowest BCUT2D eigenvalue weighted by Crippen LogP contribution is -2.13. The first-order valence-corrected chi connectivity index (χ1v) is 7.56. The Kier molecular flexibility index (Phi) is 5.88. The quantitative estimate of drug-likeness (QED) is 0.416. The first kappa shape index (κ1) is 16.7. The summed E-state index contributed by atoms with van der Waals surface area (Å²) in [6, 6.07) is 16.1. The summed E-state index contributed by atoms with van der Waals surface area (Å²) < 4.78 is 0. The van der Waals surface area contributed by atoms with E-state index < -0.39 is 0 Å². The lowest BCUT2D eigenvalue weighted by molar-refractivity contribution is 0.694. The van der Waals surface area contributed by atoms with E-state index >= 15 is 0 Å². The van der Waals surface area contributed by atoms with Crippen LogP contribution in [0.5, 0.6) is 0 Å². The molecule has 0 radical (unpaired) electrons. The highest BCUT2D eigenvalue weighted by molar-refractivity contribution is 5.91. The van der Waals surface area contributed by atoms with E-state index in [2.05, 4.69) is 28.1 Å². The first-order valence-electron chi connectivity index (χ1n) is 7.56. The summed E-state index contributed by atoms with van der Waals surface area (Å²) >= 11 is 0. The summed E-state index contributed by atoms with van der Waals surface area (Å²) in [7, 11) is 0. The maximum absolute atomic E-state index is 7.47. The number of anilines is 2. The second-order valence-corrected chi connectivity index (χ2v) is 5.50. The zero-order valence-corrected chi connectivity index (χ0v) is 13.5. The molecular formula is C18H23N5. The first-order chi connectivity index (χ1) is 11.0. The van der Waals surface area contributed by atoms with Crippen molar-refractivity contribution in [2.24, 2.45) is 0 Å². The predicted molar refractivity (Wildman–Crippen MR) is 97.5 cm³/mol. The summed E-state index contributed by atoms with van der Waals surface area (Å²) in [5, 5.41) is 24.4. The Morgan fingerprint density at radius 2 is 1.22 bits per heavy atom. The lowest BCUT2D eigenvalue weighted by Gasteiger charge is -2.10. The summed E-state index contributed by atoms with van der Waals surface area (Å²) in [4.78, 5) is 0. The molecule has 2 aromatic carbocycles. The second kappa shape index (κ2) is 8.10. The SMILES string of the molecule is CC(=N)Nc1cccc(CNCc2cccc(NC(C)=N)c2)c1. The van der Waals surface area contributed by atoms with Crippen molar-refractivity contribution in [1.29, 1.82) is 10.8 Å². The predicted octanol–water partition coefficient (Wildman–Crippen LogP) is 3.79. The summed E-state index contributed by atoms with van der Waals surface area (Å²) in [5.41, 5.74) is 4.20. The van der Waals surface area contributed by atoms with Crippen molar-refractivity contribution in [2.45, 2.75) is 26.9 Å². The number of nitrogens with one attached hydrogen (secondary N) is 5. The van der Waals surface area contributed by atoms with Crippen LogP contribution in [0.25, 0.3) is 0 Å². The highest BCUT2D eigenvalue weighted by atomic mass is 14.9. The molecule has 0 saturated heterocycles. The van der Waals surface area contributed by atoms with Crippen LogP contribution < -0.4 is 16.0 Å². The van der Waals surface area contributed by atoms with Gasteiger partial charge in [-0.25, -0.2) is 0 Å². The molecular weight excluding hydrogens is 286 g/mol. The Balaban J connectivity index is 1.89. The number of rotatable bonds is 6. The zero-order chi connectivity index (χ0) is 16.7. The third-order valence-corrected chi connectivity index (χ3v) is 3.18. The molecule has 2 rings (SSSR count). The monoisotopic (exact) mass is 309 g/mol. The van der Waals surface area contributed by atoms with Crippen molar-refractivity contribution < 1.29 is 0 Å². The van der Waals surface area contributed by atoms with Crippen LogP contribution in [0.15, 0.2) is 48.5 Å². The van der Waals surface area contributed by atoms with Gasteiger partial charge in [-0.3, -0.25) is 10.8 Å². The molecule has 0 aliphatic rings. The summed E-state index contributed by atoms with van der Waals surface area (Å²) in [6.07, 6.45) is 0. The van der Waals surface area contributed by atoms with Crippen molar-refractivity contribution in [1.82, 2.24) is 5.32 Å². The Morgan fingerprint density at radius 1 is 0.783 bits per heavy atom. The fourth-order valence-corrected chi connectivity index (χ4v) is 2.30. The van der Waals surface area contributed by atoms with E-state index in [1.807, 2.05) is 36.4 Å². The maximum atomic E-state index is 7.47. The van der Waals surface area contributed by atoms with Gasteiger partial charge in [-0.05, 0) is 49.2 Å². The van der Waals surface area contributed by atoms with Gasteiger partial charge < -0.3 is 16.0 Å². The molecule has 5 N–H and O–H groups in total. The Morgan fingerprint density at radius 3 is 1.61 bits per heavy atom. The van der Waals surface area contributed by atoms with Gasteiger partial charge in [0.25, 0.3) is 0 Å². The van der Waals surface area contributed by atoms with Crippen LogP contribution in [-0.4, -0.2) is 11.7 Å². The number of hydrogen-bond acceptors (Lipinski definition) is 3. The highest BCUT2D eigenvalue weighted by Gasteiger charge is 1.99. The Bertz CT molecular complexity index is 634. The third kappa shape index (κ3) is 5.92. The number of benzene rings is 2. The fourth-order valence-electron chi connectivity index (χ4n) is 2.30. The number of hydrogen-bond donors (Lipinski definition) is 5. The smallest absolute Gasteiger partial charge is 0.0944 e. The topological polar surface area (TPSA) is 83.8 Å². The molecule has 0 amide bonds. The Labute approximate surface area is 137 Å². The van der Waals surface area contributed by atoms with Gasteiger partial charge in [0.2, 0.25) is 0 Å². The van der Waals surface area contributed by atoms with Gasteiger partial charge in [0.1, 0.15) is 0 Å². The Hall–Kier alpha value is -2.66. The number of amidine groups is 2. The van der Waals surface area contributed by atoms with E-state index in [1.54, 1.807) is 13.8 Å². The van der Waals surface area contributed by atoms with E-state index in [-0.39, 0.29) is 0 Å². The molecule has 0 spiro atoms. The van der Waals surface area contributed by atoms with Crippen LogP contribution in [0.2, 0.25) is 0 Å². The molecule has 0 bridgehead atoms. The average Bonchev–Trinajstić information content (AvgIpc) is 2.46. The van der Waals surface area contributed by atoms with Gasteiger partial charge in [0, 0.05) is 24.5 Å². The standard InChI is InChI=1S/C18H23N5/c1-13(19)22-17-7-3-5-15(9-17)11-21-12-16-6-4-8-18(10-16)23-14(2)20/h3-10,21H,11-12H2,1-2H3,(H2,19,22)(H2,20,23). The van der Waals surface area contributed by atoms with Crippen LogP contribution in [0, 0.1) is 10.8 Å². The van der Waals surface area contributed by atoms with Gasteiger partial charge in [-0.15, -0.1) is 0 Å². The molecule has 0 unspecified atom stereocenters. The van der Waals surface area contributed by atoms with Gasteiger partial charge in [0.15, 0.2) is 0 Å². The van der Waals surface area contributed by atoms with Crippen LogP contribution >= 0.6 is 0 Å². The van der Waals surface area contributed by atoms with E-state index in [1.165, 1.54) is 11.1 Å². The van der Waals surface area contributed by atoms with Crippen molar-refractivity contribution in [3.05, 3.63) is 59.7 Å². The van der Waals surface area contributed by atoms with Gasteiger partial charge in [-0.2, -0.15) is 0 Å². The molecule has 2 aromatic rings. The molecule has 5 heteroatoms. The average molecular weight is 309 g/mol. The van der Waals surface area contributed by atoms with Gasteiger partial charge in [-0.1, -0.05) is 24.3 Å². The fraction of sp³-hybridized carbons (Fsp3) is 0.222. The lowest BCUT2D eigenvalue weighted by atomic mass is 10.1. The van der Waals surface area contributed by atoms with Gasteiger partial charge >= 0.3 is 0 Å².